The van der Waals surface area contributed by atoms with Crippen molar-refractivity contribution in [1.29, 1.82) is 0 Å². The molecule has 0 spiro atoms. The lowest BCUT2D eigenvalue weighted by Crippen LogP contribution is -1.94. The van der Waals surface area contributed by atoms with Gasteiger partial charge in [0, 0.05) is 17.1 Å². The zero-order valence-electron chi connectivity index (χ0n) is 8.50. The average molecular weight is 258 g/mol. The molecule has 0 aliphatic heterocycles. The molecule has 6 heteroatoms. The predicted molar refractivity (Wildman–Crippen MR) is 64.5 cm³/mol. The molecule has 3 nitrogen and oxygen atoms in total. The van der Waals surface area contributed by atoms with Crippen LogP contribution in [0.25, 0.3) is 10.6 Å². The molecule has 2 rings (SSSR count). The van der Waals surface area contributed by atoms with Crippen molar-refractivity contribution >= 4 is 28.1 Å². The van der Waals surface area contributed by atoms with Gasteiger partial charge in [0.1, 0.15) is 5.82 Å². The molecular weight excluding hydrogens is 249 g/mol. The van der Waals surface area contributed by atoms with Crippen molar-refractivity contribution in [1.82, 2.24) is 10.2 Å². The molecule has 0 fully saturated rings. The lowest BCUT2D eigenvalue weighted by molar-refractivity contribution is 0.631. The number of nitrogens with zero attached hydrogens (tertiary/aromatic N) is 2. The number of rotatable bonds is 3. The molecule has 0 bridgehead atoms. The summed E-state index contributed by atoms with van der Waals surface area (Å²) in [7, 11) is 0. The quantitative estimate of drug-likeness (QED) is 0.915. The smallest absolute Gasteiger partial charge is 0.205 e. The maximum Gasteiger partial charge on any atom is 0.205 e. The molecule has 0 atom stereocenters. The number of anilines is 1. The van der Waals surface area contributed by atoms with Gasteiger partial charge >= 0.3 is 0 Å². The first kappa shape index (κ1) is 11.3. The van der Waals surface area contributed by atoms with Crippen molar-refractivity contribution in [2.75, 3.05) is 11.9 Å². The fourth-order valence-corrected chi connectivity index (χ4v) is 2.21. The van der Waals surface area contributed by atoms with Gasteiger partial charge in [-0.2, -0.15) is 0 Å². The second-order valence-electron chi connectivity index (χ2n) is 3.07. The van der Waals surface area contributed by atoms with Gasteiger partial charge in [-0.1, -0.05) is 22.9 Å². The van der Waals surface area contributed by atoms with E-state index in [1.54, 1.807) is 12.1 Å². The highest BCUT2D eigenvalue weighted by molar-refractivity contribution is 7.18. The van der Waals surface area contributed by atoms with Crippen LogP contribution in [0.5, 0.6) is 0 Å². The van der Waals surface area contributed by atoms with Gasteiger partial charge in [-0.15, -0.1) is 10.2 Å². The third kappa shape index (κ3) is 2.31. The highest BCUT2D eigenvalue weighted by atomic mass is 35.5. The number of nitrogens with one attached hydrogen (secondary N) is 1. The maximum atomic E-state index is 13.6. The number of hydrogen-bond donors (Lipinski definition) is 1. The molecular formula is C10H9ClFN3S. The minimum Gasteiger partial charge on any atom is -0.360 e. The molecule has 2 aromatic rings. The Bertz CT molecular complexity index is 501. The van der Waals surface area contributed by atoms with Crippen LogP contribution in [0, 0.1) is 5.82 Å². The minimum atomic E-state index is -0.383. The van der Waals surface area contributed by atoms with Gasteiger partial charge in [0.15, 0.2) is 5.01 Å². The van der Waals surface area contributed by atoms with E-state index in [0.717, 1.165) is 6.54 Å². The minimum absolute atomic E-state index is 0.373. The van der Waals surface area contributed by atoms with Gasteiger partial charge in [-0.25, -0.2) is 4.39 Å². The molecule has 84 valence electrons. The Morgan fingerprint density at radius 1 is 1.44 bits per heavy atom. The van der Waals surface area contributed by atoms with Crippen molar-refractivity contribution < 1.29 is 4.39 Å². The van der Waals surface area contributed by atoms with Crippen molar-refractivity contribution in [3.8, 4) is 10.6 Å². The summed E-state index contributed by atoms with van der Waals surface area (Å²) < 4.78 is 13.6. The van der Waals surface area contributed by atoms with Gasteiger partial charge in [0.25, 0.3) is 0 Å². The van der Waals surface area contributed by atoms with Crippen molar-refractivity contribution in [3.63, 3.8) is 0 Å². The summed E-state index contributed by atoms with van der Waals surface area (Å²) in [5.74, 6) is -0.383. The van der Waals surface area contributed by atoms with Crippen LogP contribution >= 0.6 is 22.9 Å². The maximum absolute atomic E-state index is 13.6. The standard InChI is InChI=1S/C10H9ClFN3S/c1-2-13-10-15-14-9(16-10)7-4-3-6(11)5-8(7)12/h3-5H,2H2,1H3,(H,13,15). The van der Waals surface area contributed by atoms with Gasteiger partial charge in [0.05, 0.1) is 0 Å². The van der Waals surface area contributed by atoms with E-state index in [1.807, 2.05) is 6.92 Å². The summed E-state index contributed by atoms with van der Waals surface area (Å²) in [5, 5.41) is 12.5. The topological polar surface area (TPSA) is 37.8 Å². The molecule has 1 aromatic carbocycles. The van der Waals surface area contributed by atoms with Gasteiger partial charge in [-0.05, 0) is 25.1 Å². The summed E-state index contributed by atoms with van der Waals surface area (Å²) in [5.41, 5.74) is 0.422. The number of halogens is 2. The van der Waals surface area contributed by atoms with Crippen LogP contribution < -0.4 is 5.32 Å². The Kier molecular flexibility index (Phi) is 3.36. The van der Waals surface area contributed by atoms with E-state index < -0.39 is 0 Å². The van der Waals surface area contributed by atoms with E-state index >= 15 is 0 Å². The van der Waals surface area contributed by atoms with E-state index in [0.29, 0.717) is 20.7 Å². The first-order valence-electron chi connectivity index (χ1n) is 4.73. The number of benzene rings is 1. The lowest BCUT2D eigenvalue weighted by atomic mass is 10.2. The fourth-order valence-electron chi connectivity index (χ4n) is 1.22. The van der Waals surface area contributed by atoms with Crippen LogP contribution in [-0.2, 0) is 0 Å². The van der Waals surface area contributed by atoms with E-state index in [2.05, 4.69) is 15.5 Å². The third-order valence-corrected chi connectivity index (χ3v) is 3.06. The summed E-state index contributed by atoms with van der Waals surface area (Å²) in [6.07, 6.45) is 0. The fraction of sp³-hybridized carbons (Fsp3) is 0.200. The van der Waals surface area contributed by atoms with Crippen LogP contribution in [0.2, 0.25) is 5.02 Å². The number of aromatic nitrogens is 2. The second-order valence-corrected chi connectivity index (χ2v) is 4.48. The number of hydrogen-bond acceptors (Lipinski definition) is 4. The first-order chi connectivity index (χ1) is 7.70. The van der Waals surface area contributed by atoms with E-state index in [1.165, 1.54) is 17.4 Å². The first-order valence-corrected chi connectivity index (χ1v) is 5.93. The zero-order valence-corrected chi connectivity index (χ0v) is 10.1. The normalized spacial score (nSPS) is 10.4. The molecule has 1 aromatic heterocycles. The van der Waals surface area contributed by atoms with Crippen LogP contribution in [0.4, 0.5) is 9.52 Å². The summed E-state index contributed by atoms with van der Waals surface area (Å²) in [4.78, 5) is 0. The predicted octanol–water partition coefficient (Wildman–Crippen LogP) is 3.43. The summed E-state index contributed by atoms with van der Waals surface area (Å²) >= 11 is 6.99. The van der Waals surface area contributed by atoms with E-state index in [-0.39, 0.29) is 5.82 Å². The Balaban J connectivity index is 2.35. The summed E-state index contributed by atoms with van der Waals surface area (Å²) in [6.45, 7) is 2.72. The molecule has 0 aliphatic rings. The van der Waals surface area contributed by atoms with Crippen LogP contribution in [0.3, 0.4) is 0 Å². The Morgan fingerprint density at radius 3 is 2.94 bits per heavy atom. The van der Waals surface area contributed by atoms with E-state index in [4.69, 9.17) is 11.6 Å². The Labute approximate surface area is 101 Å². The molecule has 16 heavy (non-hydrogen) atoms. The molecule has 1 N–H and O–H groups in total. The molecule has 1 heterocycles. The zero-order chi connectivity index (χ0) is 11.5. The molecule has 0 saturated carbocycles. The Morgan fingerprint density at radius 2 is 2.25 bits per heavy atom. The van der Waals surface area contributed by atoms with Crippen molar-refractivity contribution in [2.45, 2.75) is 6.92 Å². The highest BCUT2D eigenvalue weighted by Gasteiger charge is 2.11. The lowest BCUT2D eigenvalue weighted by Gasteiger charge is -1.98. The van der Waals surface area contributed by atoms with Crippen molar-refractivity contribution in [2.24, 2.45) is 0 Å². The molecule has 0 aliphatic carbocycles. The van der Waals surface area contributed by atoms with Crippen molar-refractivity contribution in [3.05, 3.63) is 29.0 Å². The van der Waals surface area contributed by atoms with Crippen LogP contribution in [0.15, 0.2) is 18.2 Å². The average Bonchev–Trinajstić information content (AvgIpc) is 2.67. The van der Waals surface area contributed by atoms with Gasteiger partial charge in [-0.3, -0.25) is 0 Å². The monoisotopic (exact) mass is 257 g/mol. The summed E-state index contributed by atoms with van der Waals surface area (Å²) in [6, 6.07) is 4.51. The molecule has 0 saturated heterocycles. The molecule has 0 radical (unpaired) electrons. The van der Waals surface area contributed by atoms with E-state index in [9.17, 15) is 4.39 Å². The van der Waals surface area contributed by atoms with Gasteiger partial charge < -0.3 is 5.32 Å². The Hall–Kier alpha value is -1.20. The van der Waals surface area contributed by atoms with Gasteiger partial charge in [0.2, 0.25) is 5.13 Å². The van der Waals surface area contributed by atoms with Crippen LogP contribution in [-0.4, -0.2) is 16.7 Å². The SMILES string of the molecule is CCNc1nnc(-c2ccc(Cl)cc2F)s1. The highest BCUT2D eigenvalue weighted by Crippen LogP contribution is 2.29. The third-order valence-electron chi connectivity index (χ3n) is 1.91. The molecule has 0 unspecified atom stereocenters. The van der Waals surface area contributed by atoms with Crippen LogP contribution in [0.1, 0.15) is 6.92 Å². The molecule has 0 amide bonds. The second kappa shape index (κ2) is 4.76. The largest absolute Gasteiger partial charge is 0.360 e.